The van der Waals surface area contributed by atoms with Gasteiger partial charge in [-0.15, -0.1) is 11.3 Å². The Bertz CT molecular complexity index is 1430. The summed E-state index contributed by atoms with van der Waals surface area (Å²) >= 11 is 1.10. The summed E-state index contributed by atoms with van der Waals surface area (Å²) in [5, 5.41) is 8.91. The molecule has 4 aromatic rings. The first-order chi connectivity index (χ1) is 16.5. The fraction of sp³-hybridized carbons (Fsp3) is 0.269. The van der Waals surface area contributed by atoms with Crippen LogP contribution in [0, 0.1) is 24.1 Å². The first-order valence-electron chi connectivity index (χ1n) is 11.1. The number of hydrogen-bond acceptors (Lipinski definition) is 6. The summed E-state index contributed by atoms with van der Waals surface area (Å²) in [6.07, 6.45) is 3.11. The summed E-state index contributed by atoms with van der Waals surface area (Å²) in [6, 6.07) is 15.3. The van der Waals surface area contributed by atoms with E-state index in [0.29, 0.717) is 10.8 Å². The third kappa shape index (κ3) is 4.58. The molecular weight excluding hydrogens is 449 g/mol. The summed E-state index contributed by atoms with van der Waals surface area (Å²) < 4.78 is 21.5. The number of ether oxygens (including phenoxy) is 1. The van der Waals surface area contributed by atoms with Crippen molar-refractivity contribution in [2.24, 2.45) is 7.05 Å². The number of benzene rings is 1. The second kappa shape index (κ2) is 9.37. The number of nitriles is 1. The lowest BCUT2D eigenvalue weighted by molar-refractivity contribution is 0.283. The molecule has 5 rings (SSSR count). The highest BCUT2D eigenvalue weighted by Crippen LogP contribution is 2.26. The van der Waals surface area contributed by atoms with Crippen LogP contribution < -0.4 is 4.74 Å². The molecule has 1 aromatic carbocycles. The quantitative estimate of drug-likeness (QED) is 0.384. The van der Waals surface area contributed by atoms with Crippen molar-refractivity contribution in [3.8, 4) is 11.9 Å². The standard InChI is InChI=1S/C26H24FN5OS/c1-17-6-7-23-22(12-17)29-25(31(23)2)15-32-10-8-18(9-11-32)21-4-3-5-26(30-21)33-16-19-13-20(27)24(14-28)34-19/h3-8,12-13H,9-11,15-16H2,1-2H3. The van der Waals surface area contributed by atoms with Crippen LogP contribution in [0.5, 0.6) is 5.88 Å². The van der Waals surface area contributed by atoms with Crippen LogP contribution in [-0.4, -0.2) is 32.5 Å². The Kier molecular flexibility index (Phi) is 6.14. The minimum atomic E-state index is -0.501. The van der Waals surface area contributed by atoms with Crippen LogP contribution >= 0.6 is 11.3 Å². The molecule has 3 aromatic heterocycles. The van der Waals surface area contributed by atoms with Gasteiger partial charge in [0.05, 0.1) is 23.3 Å². The highest BCUT2D eigenvalue weighted by atomic mass is 32.1. The van der Waals surface area contributed by atoms with Crippen molar-refractivity contribution in [3.05, 3.63) is 81.2 Å². The van der Waals surface area contributed by atoms with Gasteiger partial charge in [-0.25, -0.2) is 14.4 Å². The first-order valence-corrected chi connectivity index (χ1v) is 11.9. The minimum Gasteiger partial charge on any atom is -0.472 e. The molecule has 0 aliphatic carbocycles. The normalized spacial score (nSPS) is 14.2. The van der Waals surface area contributed by atoms with Gasteiger partial charge in [0.25, 0.3) is 0 Å². The summed E-state index contributed by atoms with van der Waals surface area (Å²) in [5.74, 6) is 1.05. The molecule has 172 valence electrons. The zero-order valence-electron chi connectivity index (χ0n) is 19.1. The number of thiophene rings is 1. The largest absolute Gasteiger partial charge is 0.472 e. The number of pyridine rings is 1. The highest BCUT2D eigenvalue weighted by molar-refractivity contribution is 7.12. The maximum atomic E-state index is 13.6. The van der Waals surface area contributed by atoms with E-state index in [1.54, 1.807) is 6.07 Å². The second-order valence-corrected chi connectivity index (χ2v) is 9.58. The highest BCUT2D eigenvalue weighted by Gasteiger charge is 2.17. The van der Waals surface area contributed by atoms with Gasteiger partial charge in [0.2, 0.25) is 5.88 Å². The molecule has 4 heterocycles. The summed E-state index contributed by atoms with van der Waals surface area (Å²) in [5.41, 5.74) is 5.50. The molecule has 6 nitrogen and oxygen atoms in total. The Balaban J connectivity index is 1.23. The Morgan fingerprint density at radius 1 is 1.21 bits per heavy atom. The molecule has 0 saturated heterocycles. The molecule has 0 atom stereocenters. The summed E-state index contributed by atoms with van der Waals surface area (Å²) in [6.45, 7) is 4.82. The van der Waals surface area contributed by atoms with Crippen molar-refractivity contribution in [1.82, 2.24) is 19.4 Å². The Labute approximate surface area is 201 Å². The van der Waals surface area contributed by atoms with Crippen LogP contribution in [0.25, 0.3) is 16.6 Å². The van der Waals surface area contributed by atoms with Crippen molar-refractivity contribution in [2.75, 3.05) is 13.1 Å². The van der Waals surface area contributed by atoms with E-state index in [0.717, 1.165) is 59.9 Å². The first kappa shape index (κ1) is 22.3. The number of halogens is 1. The molecule has 1 aliphatic rings. The van der Waals surface area contributed by atoms with Crippen LogP contribution in [0.4, 0.5) is 4.39 Å². The molecule has 34 heavy (non-hydrogen) atoms. The summed E-state index contributed by atoms with van der Waals surface area (Å²) in [7, 11) is 2.08. The maximum absolute atomic E-state index is 13.6. The number of imidazole rings is 1. The van der Waals surface area contributed by atoms with E-state index in [1.807, 2.05) is 18.2 Å². The lowest BCUT2D eigenvalue weighted by atomic mass is 10.0. The number of aromatic nitrogens is 3. The van der Waals surface area contributed by atoms with E-state index in [2.05, 4.69) is 52.7 Å². The van der Waals surface area contributed by atoms with Crippen molar-refractivity contribution in [2.45, 2.75) is 26.5 Å². The molecular formula is C26H24FN5OS. The fourth-order valence-corrected chi connectivity index (χ4v) is 4.92. The molecule has 0 radical (unpaired) electrons. The van der Waals surface area contributed by atoms with Gasteiger partial charge in [0, 0.05) is 31.1 Å². The van der Waals surface area contributed by atoms with E-state index < -0.39 is 5.82 Å². The summed E-state index contributed by atoms with van der Waals surface area (Å²) in [4.78, 5) is 12.6. The van der Waals surface area contributed by atoms with Gasteiger partial charge < -0.3 is 9.30 Å². The number of nitrogens with zero attached hydrogens (tertiary/aromatic N) is 5. The van der Waals surface area contributed by atoms with E-state index in [9.17, 15) is 4.39 Å². The van der Waals surface area contributed by atoms with Gasteiger partial charge in [0.15, 0.2) is 5.82 Å². The van der Waals surface area contributed by atoms with Crippen LogP contribution in [0.15, 0.2) is 48.5 Å². The Hall–Kier alpha value is -3.54. The second-order valence-electron chi connectivity index (χ2n) is 8.45. The number of fused-ring (bicyclic) bond motifs is 1. The van der Waals surface area contributed by atoms with Crippen molar-refractivity contribution < 1.29 is 9.13 Å². The van der Waals surface area contributed by atoms with Gasteiger partial charge in [-0.2, -0.15) is 5.26 Å². The average molecular weight is 474 g/mol. The van der Waals surface area contributed by atoms with Crippen molar-refractivity contribution >= 4 is 27.9 Å². The fourth-order valence-electron chi connectivity index (χ4n) is 4.17. The molecule has 0 saturated carbocycles. The van der Waals surface area contributed by atoms with Crippen LogP contribution in [0.3, 0.4) is 0 Å². The minimum absolute atomic E-state index is 0.0750. The number of hydrogen-bond donors (Lipinski definition) is 0. The lowest BCUT2D eigenvalue weighted by Crippen LogP contribution is -2.29. The van der Waals surface area contributed by atoms with Crippen molar-refractivity contribution in [1.29, 1.82) is 5.26 Å². The zero-order valence-corrected chi connectivity index (χ0v) is 19.9. The number of aryl methyl sites for hydroxylation is 2. The third-order valence-electron chi connectivity index (χ3n) is 6.04. The predicted octanol–water partition coefficient (Wildman–Crippen LogP) is 5.22. The Morgan fingerprint density at radius 2 is 2.09 bits per heavy atom. The van der Waals surface area contributed by atoms with Crippen LogP contribution in [-0.2, 0) is 20.2 Å². The molecule has 0 spiro atoms. The predicted molar refractivity (Wildman–Crippen MR) is 131 cm³/mol. The number of rotatable bonds is 6. The molecule has 0 N–H and O–H groups in total. The third-order valence-corrected chi connectivity index (χ3v) is 7.03. The molecule has 0 bridgehead atoms. The van der Waals surface area contributed by atoms with Gasteiger partial charge in [0.1, 0.15) is 23.4 Å². The van der Waals surface area contributed by atoms with Gasteiger partial charge in [-0.1, -0.05) is 18.2 Å². The molecule has 0 fully saturated rings. The van der Waals surface area contributed by atoms with Gasteiger partial charge in [-0.3, -0.25) is 4.90 Å². The van der Waals surface area contributed by atoms with Gasteiger partial charge >= 0.3 is 0 Å². The van der Waals surface area contributed by atoms with E-state index in [-0.39, 0.29) is 11.5 Å². The van der Waals surface area contributed by atoms with E-state index >= 15 is 0 Å². The van der Waals surface area contributed by atoms with Gasteiger partial charge in [-0.05, 0) is 48.7 Å². The van der Waals surface area contributed by atoms with E-state index in [4.69, 9.17) is 15.0 Å². The SMILES string of the molecule is Cc1ccc2c(c1)nc(CN1CC=C(c3cccc(OCc4cc(F)c(C#N)s4)n3)CC1)n2C. The molecule has 8 heteroatoms. The maximum Gasteiger partial charge on any atom is 0.214 e. The molecule has 0 amide bonds. The topological polar surface area (TPSA) is 67.0 Å². The van der Waals surface area contributed by atoms with Crippen LogP contribution in [0.1, 0.15) is 33.3 Å². The van der Waals surface area contributed by atoms with E-state index in [1.165, 1.54) is 17.2 Å². The average Bonchev–Trinajstić information content (AvgIpc) is 3.36. The smallest absolute Gasteiger partial charge is 0.214 e. The van der Waals surface area contributed by atoms with Crippen molar-refractivity contribution in [3.63, 3.8) is 0 Å². The monoisotopic (exact) mass is 473 g/mol. The molecule has 1 aliphatic heterocycles. The Morgan fingerprint density at radius 3 is 2.85 bits per heavy atom. The van der Waals surface area contributed by atoms with Crippen LogP contribution in [0.2, 0.25) is 0 Å². The zero-order chi connectivity index (χ0) is 23.7. The lowest BCUT2D eigenvalue weighted by Gasteiger charge is -2.25. The molecule has 0 unspecified atom stereocenters.